The highest BCUT2D eigenvalue weighted by atomic mass is 16.5. The third-order valence-electron chi connectivity index (χ3n) is 7.61. The van der Waals surface area contributed by atoms with Gasteiger partial charge in [0.05, 0.1) is 24.6 Å². The Morgan fingerprint density at radius 2 is 2.09 bits per heavy atom. The molecule has 3 aliphatic heterocycles. The van der Waals surface area contributed by atoms with Gasteiger partial charge in [0, 0.05) is 42.5 Å². The summed E-state index contributed by atoms with van der Waals surface area (Å²) in [6, 6.07) is 13.3. The van der Waals surface area contributed by atoms with Crippen molar-refractivity contribution in [3.8, 4) is 11.5 Å². The number of carbonyl (C=O) groups is 1. The number of carbonyl (C=O) groups excluding carboxylic acids is 1. The number of benzene rings is 2. The van der Waals surface area contributed by atoms with Gasteiger partial charge >= 0.3 is 0 Å². The van der Waals surface area contributed by atoms with Crippen molar-refractivity contribution in [1.29, 1.82) is 0 Å². The first-order chi connectivity index (χ1) is 16.4. The van der Waals surface area contributed by atoms with Gasteiger partial charge in [-0.1, -0.05) is 24.3 Å². The van der Waals surface area contributed by atoms with Crippen molar-refractivity contribution >= 4 is 5.91 Å². The lowest BCUT2D eigenvalue weighted by Crippen LogP contribution is -2.54. The maximum Gasteiger partial charge on any atom is 0.254 e. The van der Waals surface area contributed by atoms with Gasteiger partial charge in [-0.15, -0.1) is 0 Å². The number of ether oxygens (including phenoxy) is 2. The van der Waals surface area contributed by atoms with E-state index in [0.29, 0.717) is 24.4 Å². The molecule has 0 spiro atoms. The molecular formula is C27H29N3O4. The Bertz CT molecular complexity index is 1220. The number of likely N-dealkylation sites (tertiary alicyclic amines) is 1. The van der Waals surface area contributed by atoms with Gasteiger partial charge in [0.15, 0.2) is 11.5 Å². The van der Waals surface area contributed by atoms with Crippen LogP contribution in [0.5, 0.6) is 11.5 Å². The topological polar surface area (TPSA) is 76.8 Å². The summed E-state index contributed by atoms with van der Waals surface area (Å²) < 4.78 is 14.9. The normalized spacial score (nSPS) is 26.8. The number of phenols is 1. The summed E-state index contributed by atoms with van der Waals surface area (Å²) in [4.78, 5) is 19.7. The highest BCUT2D eigenvalue weighted by Crippen LogP contribution is 2.54. The summed E-state index contributed by atoms with van der Waals surface area (Å²) in [7, 11) is 0. The fraction of sp³-hybridized carbons (Fsp3) is 0.407. The molecule has 0 unspecified atom stereocenters. The van der Waals surface area contributed by atoms with Crippen LogP contribution in [0.4, 0.5) is 0 Å². The van der Waals surface area contributed by atoms with E-state index < -0.39 is 5.60 Å². The number of amides is 1. The van der Waals surface area contributed by atoms with Gasteiger partial charge in [0.1, 0.15) is 5.60 Å². The van der Waals surface area contributed by atoms with Crippen LogP contribution in [0.3, 0.4) is 0 Å². The molecule has 2 aromatic carbocycles. The van der Waals surface area contributed by atoms with E-state index in [0.717, 1.165) is 24.0 Å². The second-order valence-electron chi connectivity index (χ2n) is 10.1. The summed E-state index contributed by atoms with van der Waals surface area (Å²) in [6.45, 7) is 5.44. The Hall–Kier alpha value is -3.32. The molecule has 2 fully saturated rings. The minimum Gasteiger partial charge on any atom is -0.504 e. The number of rotatable bonds is 3. The zero-order valence-electron chi connectivity index (χ0n) is 19.4. The van der Waals surface area contributed by atoms with Gasteiger partial charge in [-0.2, -0.15) is 0 Å². The molecule has 1 aromatic heterocycles. The van der Waals surface area contributed by atoms with E-state index in [9.17, 15) is 9.90 Å². The van der Waals surface area contributed by atoms with Gasteiger partial charge in [-0.3, -0.25) is 4.79 Å². The van der Waals surface area contributed by atoms with Crippen LogP contribution in [-0.4, -0.2) is 49.8 Å². The molecule has 1 N–H and O–H groups in total. The van der Waals surface area contributed by atoms with E-state index in [1.165, 1.54) is 0 Å². The highest BCUT2D eigenvalue weighted by Gasteiger charge is 2.54. The van der Waals surface area contributed by atoms with E-state index in [1.54, 1.807) is 18.6 Å². The number of aromatic nitrogens is 2. The Morgan fingerprint density at radius 1 is 1.24 bits per heavy atom. The van der Waals surface area contributed by atoms with E-state index in [1.807, 2.05) is 65.9 Å². The van der Waals surface area contributed by atoms with Crippen LogP contribution in [0.2, 0.25) is 0 Å². The fourth-order valence-electron chi connectivity index (χ4n) is 5.90. The molecule has 0 aliphatic carbocycles. The van der Waals surface area contributed by atoms with Gasteiger partial charge in [-0.25, -0.2) is 4.98 Å². The predicted molar refractivity (Wildman–Crippen MR) is 126 cm³/mol. The third-order valence-corrected chi connectivity index (χ3v) is 7.61. The first kappa shape index (κ1) is 21.2. The number of imidazole rings is 1. The zero-order chi connectivity index (χ0) is 23.4. The molecule has 34 heavy (non-hydrogen) atoms. The maximum absolute atomic E-state index is 13.6. The quantitative estimate of drug-likeness (QED) is 0.636. The molecule has 0 bridgehead atoms. The van der Waals surface area contributed by atoms with Gasteiger partial charge < -0.3 is 24.0 Å². The number of hydrogen-bond acceptors (Lipinski definition) is 5. The van der Waals surface area contributed by atoms with Crippen LogP contribution in [0.15, 0.2) is 61.2 Å². The first-order valence-electron chi connectivity index (χ1n) is 11.9. The fourth-order valence-corrected chi connectivity index (χ4v) is 5.90. The Kier molecular flexibility index (Phi) is 4.92. The lowest BCUT2D eigenvalue weighted by molar-refractivity contribution is -0.160. The Labute approximate surface area is 198 Å². The number of fused-ring (bicyclic) bond motifs is 4. The van der Waals surface area contributed by atoms with Crippen LogP contribution in [0.1, 0.15) is 54.3 Å². The minimum absolute atomic E-state index is 0.00721. The van der Waals surface area contributed by atoms with Crippen molar-refractivity contribution < 1.29 is 19.4 Å². The second-order valence-corrected chi connectivity index (χ2v) is 10.1. The summed E-state index contributed by atoms with van der Waals surface area (Å²) in [5.74, 6) is 0.792. The average Bonchev–Trinajstić information content (AvgIpc) is 3.48. The van der Waals surface area contributed by atoms with E-state index in [-0.39, 0.29) is 35.8 Å². The molecule has 2 saturated heterocycles. The summed E-state index contributed by atoms with van der Waals surface area (Å²) in [5, 5.41) is 10.4. The molecule has 176 valence electrons. The van der Waals surface area contributed by atoms with Crippen molar-refractivity contribution in [3.05, 3.63) is 77.9 Å². The molecular weight excluding hydrogens is 430 g/mol. The maximum atomic E-state index is 13.6. The molecule has 0 radical (unpaired) electrons. The molecule has 7 heteroatoms. The molecule has 3 aromatic rings. The van der Waals surface area contributed by atoms with Gasteiger partial charge in [0.25, 0.3) is 5.91 Å². The molecule has 4 heterocycles. The van der Waals surface area contributed by atoms with Gasteiger partial charge in [0.2, 0.25) is 0 Å². The van der Waals surface area contributed by atoms with Crippen molar-refractivity contribution in [2.24, 2.45) is 5.92 Å². The van der Waals surface area contributed by atoms with Crippen LogP contribution in [0, 0.1) is 5.92 Å². The second kappa shape index (κ2) is 7.87. The number of para-hydroxylation sites is 1. The zero-order valence-corrected chi connectivity index (χ0v) is 19.4. The third kappa shape index (κ3) is 3.46. The Balaban J connectivity index is 1.25. The average molecular weight is 460 g/mol. The number of hydrogen-bond donors (Lipinski definition) is 1. The first-order valence-corrected chi connectivity index (χ1v) is 11.9. The van der Waals surface area contributed by atoms with E-state index in [4.69, 9.17) is 9.47 Å². The smallest absolute Gasteiger partial charge is 0.254 e. The SMILES string of the molecule is CC1(C)Oc2c(O)cccc2[C@@H]2O[C@@H]3CCN(C(=O)c4cccc(Cn5ccnc5)c4)[C@H]3C[C@H]21. The summed E-state index contributed by atoms with van der Waals surface area (Å²) in [6.07, 6.45) is 6.89. The predicted octanol–water partition coefficient (Wildman–Crippen LogP) is 4.17. The van der Waals surface area contributed by atoms with Crippen LogP contribution < -0.4 is 4.74 Å². The lowest BCUT2D eigenvalue weighted by atomic mass is 9.74. The molecule has 0 saturated carbocycles. The van der Waals surface area contributed by atoms with Crippen LogP contribution >= 0.6 is 0 Å². The van der Waals surface area contributed by atoms with E-state index >= 15 is 0 Å². The standard InChI is InChI=1S/C27H29N3O4/c1-27(2)20-14-21-23(33-24(20)19-7-4-8-22(31)25(19)34-27)9-11-30(21)26(32)18-6-3-5-17(13-18)15-29-12-10-28-16-29/h3-8,10,12-13,16,20-21,23-24,31H,9,11,14-15H2,1-2H3/t20-,21+,23-,24+/m1/s1. The molecule has 1 amide bonds. The van der Waals surface area contributed by atoms with E-state index in [2.05, 4.69) is 4.98 Å². The Morgan fingerprint density at radius 3 is 2.91 bits per heavy atom. The summed E-state index contributed by atoms with van der Waals surface area (Å²) in [5.41, 5.74) is 2.15. The number of phenolic OH excluding ortho intramolecular Hbond substituents is 1. The lowest BCUT2D eigenvalue weighted by Gasteiger charge is -2.50. The largest absolute Gasteiger partial charge is 0.504 e. The number of nitrogens with zero attached hydrogens (tertiary/aromatic N) is 3. The summed E-state index contributed by atoms with van der Waals surface area (Å²) >= 11 is 0. The highest BCUT2D eigenvalue weighted by molar-refractivity contribution is 5.94. The van der Waals surface area contributed by atoms with Crippen molar-refractivity contribution in [1.82, 2.24) is 14.5 Å². The number of aromatic hydroxyl groups is 1. The molecule has 4 atom stereocenters. The van der Waals surface area contributed by atoms with Crippen molar-refractivity contribution in [2.45, 2.75) is 57.1 Å². The molecule has 3 aliphatic rings. The van der Waals surface area contributed by atoms with Crippen LogP contribution in [-0.2, 0) is 11.3 Å². The molecule has 6 rings (SSSR count). The minimum atomic E-state index is -0.524. The van der Waals surface area contributed by atoms with Crippen molar-refractivity contribution in [3.63, 3.8) is 0 Å². The van der Waals surface area contributed by atoms with Gasteiger partial charge in [-0.05, 0) is 50.5 Å². The molecule has 7 nitrogen and oxygen atoms in total. The van der Waals surface area contributed by atoms with Crippen LogP contribution in [0.25, 0.3) is 0 Å². The monoisotopic (exact) mass is 459 g/mol. The van der Waals surface area contributed by atoms with Crippen molar-refractivity contribution in [2.75, 3.05) is 6.54 Å².